The number of aryl methyl sites for hydroxylation is 1. The van der Waals surface area contributed by atoms with Gasteiger partial charge in [-0.15, -0.1) is 23.7 Å². The van der Waals surface area contributed by atoms with Crippen LogP contribution < -0.4 is 5.73 Å². The molecular weight excluding hydrogens is 295 g/mol. The highest BCUT2D eigenvalue weighted by Gasteiger charge is 2.15. The minimum Gasteiger partial charge on any atom is -0.477 e. The summed E-state index contributed by atoms with van der Waals surface area (Å²) in [6, 6.07) is 5.12. The number of carboxylic acids is 1. The molecule has 1 aromatic heterocycles. The summed E-state index contributed by atoms with van der Waals surface area (Å²) in [4.78, 5) is 15.4. The molecule has 0 aliphatic rings. The molecule has 0 spiro atoms. The number of carbonyl (C=O) groups is 1. The molecule has 7 heteroatoms. The topological polar surface area (TPSA) is 76.2 Å². The fraction of sp³-hybridized carbons (Fsp3) is 0.0909. The number of nitrogens with zero attached hydrogens (tertiary/aromatic N) is 1. The van der Waals surface area contributed by atoms with Crippen LogP contribution in [0.2, 0.25) is 5.02 Å². The monoisotopic (exact) mass is 304 g/mol. The summed E-state index contributed by atoms with van der Waals surface area (Å²) in [6.07, 6.45) is 0. The maximum atomic E-state index is 10.9. The molecule has 0 unspecified atom stereocenters. The highest BCUT2D eigenvalue weighted by molar-refractivity contribution is 7.17. The van der Waals surface area contributed by atoms with Gasteiger partial charge in [0.1, 0.15) is 9.88 Å². The van der Waals surface area contributed by atoms with Crippen molar-refractivity contribution in [1.82, 2.24) is 4.98 Å². The molecule has 0 bridgehead atoms. The molecule has 96 valence electrons. The minimum absolute atomic E-state index is 0. The van der Waals surface area contributed by atoms with Crippen molar-refractivity contribution in [2.45, 2.75) is 6.92 Å². The first-order chi connectivity index (χ1) is 7.99. The smallest absolute Gasteiger partial charge is 0.347 e. The number of hydrogen-bond donors (Lipinski definition) is 2. The highest BCUT2D eigenvalue weighted by Crippen LogP contribution is 2.31. The molecular formula is C11H10Cl2N2O2S. The Bertz CT molecular complexity index is 599. The molecule has 0 radical (unpaired) electrons. The van der Waals surface area contributed by atoms with E-state index in [-0.39, 0.29) is 17.3 Å². The van der Waals surface area contributed by atoms with E-state index in [1.165, 1.54) is 0 Å². The van der Waals surface area contributed by atoms with Gasteiger partial charge < -0.3 is 10.8 Å². The Morgan fingerprint density at radius 3 is 2.67 bits per heavy atom. The van der Waals surface area contributed by atoms with Crippen LogP contribution in [0.3, 0.4) is 0 Å². The number of nitrogen functional groups attached to an aromatic ring is 1. The average molecular weight is 305 g/mol. The number of nitrogens with two attached hydrogens (primary N) is 1. The van der Waals surface area contributed by atoms with Gasteiger partial charge in [-0.05, 0) is 19.1 Å². The van der Waals surface area contributed by atoms with Crippen LogP contribution in [0.5, 0.6) is 0 Å². The summed E-state index contributed by atoms with van der Waals surface area (Å²) in [7, 11) is 0. The van der Waals surface area contributed by atoms with Crippen molar-refractivity contribution in [3.8, 4) is 10.6 Å². The molecule has 0 saturated heterocycles. The van der Waals surface area contributed by atoms with Crippen molar-refractivity contribution >= 4 is 47.0 Å². The predicted octanol–water partition coefficient (Wildman–Crippen LogP) is 3.47. The van der Waals surface area contributed by atoms with Gasteiger partial charge in [0.05, 0.1) is 16.4 Å². The summed E-state index contributed by atoms with van der Waals surface area (Å²) in [5.41, 5.74) is 7.42. The van der Waals surface area contributed by atoms with E-state index in [2.05, 4.69) is 4.98 Å². The third-order valence-corrected chi connectivity index (χ3v) is 3.77. The van der Waals surface area contributed by atoms with E-state index in [1.807, 2.05) is 0 Å². The Morgan fingerprint density at radius 2 is 2.17 bits per heavy atom. The molecule has 3 N–H and O–H groups in total. The number of benzene rings is 1. The van der Waals surface area contributed by atoms with E-state index in [1.54, 1.807) is 25.1 Å². The summed E-state index contributed by atoms with van der Waals surface area (Å²) >= 11 is 6.94. The van der Waals surface area contributed by atoms with Crippen LogP contribution in [0.1, 0.15) is 15.4 Å². The van der Waals surface area contributed by atoms with Crippen LogP contribution in [0.25, 0.3) is 10.6 Å². The second kappa shape index (κ2) is 5.56. The summed E-state index contributed by atoms with van der Waals surface area (Å²) in [6.45, 7) is 1.67. The molecule has 2 aromatic rings. The number of thiazole rings is 1. The van der Waals surface area contributed by atoms with Gasteiger partial charge in [0, 0.05) is 5.56 Å². The third-order valence-electron chi connectivity index (χ3n) is 2.23. The number of aromatic nitrogens is 1. The lowest BCUT2D eigenvalue weighted by atomic mass is 10.2. The van der Waals surface area contributed by atoms with Crippen molar-refractivity contribution in [3.05, 3.63) is 33.8 Å². The standard InChI is InChI=1S/C11H9ClN2O2S.ClH/c1-5-9(11(15)16)17-10(14-5)6-2-3-7(12)8(13)4-6;/h2-4H,13H2,1H3,(H,15,16);1H. The molecule has 0 amide bonds. The lowest BCUT2D eigenvalue weighted by molar-refractivity contribution is 0.0701. The quantitative estimate of drug-likeness (QED) is 0.833. The van der Waals surface area contributed by atoms with E-state index in [0.717, 1.165) is 16.9 Å². The van der Waals surface area contributed by atoms with Crippen LogP contribution in [0, 0.1) is 6.92 Å². The molecule has 0 aliphatic carbocycles. The van der Waals surface area contributed by atoms with E-state index >= 15 is 0 Å². The fourth-order valence-corrected chi connectivity index (χ4v) is 2.41. The predicted molar refractivity (Wildman–Crippen MR) is 75.9 cm³/mol. The lowest BCUT2D eigenvalue weighted by Gasteiger charge is -2.00. The zero-order valence-electron chi connectivity index (χ0n) is 9.31. The lowest BCUT2D eigenvalue weighted by Crippen LogP contribution is -1.94. The van der Waals surface area contributed by atoms with E-state index < -0.39 is 5.97 Å². The van der Waals surface area contributed by atoms with Gasteiger partial charge in [-0.25, -0.2) is 9.78 Å². The Kier molecular flexibility index (Phi) is 4.56. The molecule has 0 fully saturated rings. The Balaban J connectivity index is 0.00000162. The number of rotatable bonds is 2. The maximum absolute atomic E-state index is 10.9. The van der Waals surface area contributed by atoms with E-state index in [0.29, 0.717) is 21.4 Å². The average Bonchev–Trinajstić information content (AvgIpc) is 2.64. The first-order valence-electron chi connectivity index (χ1n) is 4.75. The molecule has 18 heavy (non-hydrogen) atoms. The van der Waals surface area contributed by atoms with Crippen molar-refractivity contribution < 1.29 is 9.90 Å². The zero-order chi connectivity index (χ0) is 12.6. The van der Waals surface area contributed by atoms with Crippen LogP contribution in [-0.4, -0.2) is 16.1 Å². The summed E-state index contributed by atoms with van der Waals surface area (Å²) in [5, 5.41) is 10.0. The molecule has 2 rings (SSSR count). The first-order valence-corrected chi connectivity index (χ1v) is 5.94. The van der Waals surface area contributed by atoms with Crippen LogP contribution in [-0.2, 0) is 0 Å². The molecule has 4 nitrogen and oxygen atoms in total. The second-order valence-electron chi connectivity index (χ2n) is 3.47. The maximum Gasteiger partial charge on any atom is 0.347 e. The highest BCUT2D eigenvalue weighted by atomic mass is 35.5. The normalized spacial score (nSPS) is 9.89. The number of hydrogen-bond acceptors (Lipinski definition) is 4. The van der Waals surface area contributed by atoms with Gasteiger partial charge in [-0.2, -0.15) is 0 Å². The molecule has 1 aromatic carbocycles. The van der Waals surface area contributed by atoms with Crippen LogP contribution in [0.15, 0.2) is 18.2 Å². The number of anilines is 1. The Hall–Kier alpha value is -1.30. The van der Waals surface area contributed by atoms with Gasteiger partial charge in [0.2, 0.25) is 0 Å². The number of carboxylic acid groups (broad SMARTS) is 1. The number of aromatic carboxylic acids is 1. The first kappa shape index (κ1) is 14.8. The minimum atomic E-state index is -0.965. The SMILES string of the molecule is Cc1nc(-c2ccc(Cl)c(N)c2)sc1C(=O)O.Cl. The van der Waals surface area contributed by atoms with Crippen molar-refractivity contribution in [2.24, 2.45) is 0 Å². The second-order valence-corrected chi connectivity index (χ2v) is 4.88. The van der Waals surface area contributed by atoms with Crippen molar-refractivity contribution in [3.63, 3.8) is 0 Å². The van der Waals surface area contributed by atoms with Crippen LogP contribution >= 0.6 is 35.3 Å². The summed E-state index contributed by atoms with van der Waals surface area (Å²) < 4.78 is 0. The Morgan fingerprint density at radius 1 is 1.50 bits per heavy atom. The molecule has 0 atom stereocenters. The molecule has 1 heterocycles. The van der Waals surface area contributed by atoms with Gasteiger partial charge in [-0.3, -0.25) is 0 Å². The zero-order valence-corrected chi connectivity index (χ0v) is 11.7. The van der Waals surface area contributed by atoms with E-state index in [9.17, 15) is 4.79 Å². The third kappa shape index (κ3) is 2.75. The van der Waals surface area contributed by atoms with Gasteiger partial charge in [0.25, 0.3) is 0 Å². The molecule has 0 aliphatic heterocycles. The van der Waals surface area contributed by atoms with Gasteiger partial charge >= 0.3 is 5.97 Å². The fourth-order valence-electron chi connectivity index (χ4n) is 1.40. The Labute approximate surface area is 119 Å². The van der Waals surface area contributed by atoms with Crippen LogP contribution in [0.4, 0.5) is 5.69 Å². The number of halogens is 2. The largest absolute Gasteiger partial charge is 0.477 e. The van der Waals surface area contributed by atoms with Crippen molar-refractivity contribution in [2.75, 3.05) is 5.73 Å². The van der Waals surface area contributed by atoms with Gasteiger partial charge in [0.15, 0.2) is 0 Å². The van der Waals surface area contributed by atoms with E-state index in [4.69, 9.17) is 22.4 Å². The molecule has 0 saturated carbocycles. The van der Waals surface area contributed by atoms with Gasteiger partial charge in [-0.1, -0.05) is 17.7 Å². The summed E-state index contributed by atoms with van der Waals surface area (Å²) in [5.74, 6) is -0.965. The van der Waals surface area contributed by atoms with Crippen molar-refractivity contribution in [1.29, 1.82) is 0 Å².